The minimum absolute atomic E-state index is 0.140. The number of hydrogen-bond donors (Lipinski definition) is 2. The number of anilines is 1. The summed E-state index contributed by atoms with van der Waals surface area (Å²) in [7, 11) is 0. The second-order valence-electron chi connectivity index (χ2n) is 4.44. The molecular formula is C14H18N4OS. The zero-order valence-corrected chi connectivity index (χ0v) is 12.7. The Morgan fingerprint density at radius 1 is 1.40 bits per heavy atom. The van der Waals surface area contributed by atoms with Gasteiger partial charge in [-0.3, -0.25) is 9.78 Å². The van der Waals surface area contributed by atoms with Crippen molar-refractivity contribution < 1.29 is 4.79 Å². The van der Waals surface area contributed by atoms with Crippen LogP contribution in [-0.2, 0) is 6.54 Å². The molecule has 0 aromatic carbocycles. The summed E-state index contributed by atoms with van der Waals surface area (Å²) in [5.41, 5.74) is 3.13. The molecule has 2 aromatic rings. The largest absolute Gasteiger partial charge is 0.385 e. The maximum atomic E-state index is 12.2. The van der Waals surface area contributed by atoms with Gasteiger partial charge >= 0.3 is 0 Å². The van der Waals surface area contributed by atoms with Crippen LogP contribution in [0.4, 0.5) is 5.69 Å². The van der Waals surface area contributed by atoms with Gasteiger partial charge in [0.05, 0.1) is 28.5 Å². The van der Waals surface area contributed by atoms with Gasteiger partial charge in [-0.2, -0.15) is 0 Å². The van der Waals surface area contributed by atoms with Crippen molar-refractivity contribution in [3.63, 3.8) is 0 Å². The van der Waals surface area contributed by atoms with Crippen LogP contribution in [0.25, 0.3) is 0 Å². The van der Waals surface area contributed by atoms with E-state index in [2.05, 4.69) is 20.6 Å². The molecule has 1 amide bonds. The Hall–Kier alpha value is -1.95. The summed E-state index contributed by atoms with van der Waals surface area (Å²) in [6.07, 6.45) is 1.61. The van der Waals surface area contributed by atoms with Crippen LogP contribution < -0.4 is 10.6 Å². The highest BCUT2D eigenvalue weighted by Crippen LogP contribution is 2.16. The third kappa shape index (κ3) is 3.54. The highest BCUT2D eigenvalue weighted by atomic mass is 32.1. The maximum Gasteiger partial charge on any atom is 0.255 e. The Balaban J connectivity index is 2.08. The molecule has 5 nitrogen and oxygen atoms in total. The molecule has 0 saturated carbocycles. The van der Waals surface area contributed by atoms with Crippen LogP contribution >= 0.6 is 11.3 Å². The van der Waals surface area contributed by atoms with Crippen LogP contribution in [0.2, 0.25) is 0 Å². The molecular weight excluding hydrogens is 272 g/mol. The van der Waals surface area contributed by atoms with Crippen molar-refractivity contribution in [2.45, 2.75) is 27.3 Å². The van der Waals surface area contributed by atoms with E-state index in [4.69, 9.17) is 0 Å². The lowest BCUT2D eigenvalue weighted by Gasteiger charge is -2.11. The van der Waals surface area contributed by atoms with Gasteiger partial charge in [-0.15, -0.1) is 11.3 Å². The fourth-order valence-corrected chi connectivity index (χ4v) is 2.45. The van der Waals surface area contributed by atoms with Crippen molar-refractivity contribution >= 4 is 22.9 Å². The number of carbonyl (C=O) groups is 1. The molecule has 0 radical (unpaired) electrons. The topological polar surface area (TPSA) is 66.9 Å². The van der Waals surface area contributed by atoms with Crippen LogP contribution in [0.1, 0.15) is 33.7 Å². The first-order valence-electron chi connectivity index (χ1n) is 6.50. The van der Waals surface area contributed by atoms with Gasteiger partial charge in [0, 0.05) is 23.8 Å². The number of nitrogens with one attached hydrogen (secondary N) is 2. The Labute approximate surface area is 122 Å². The molecule has 0 saturated heterocycles. The first-order chi connectivity index (χ1) is 9.60. The average molecular weight is 290 g/mol. The Kier molecular flexibility index (Phi) is 4.68. The second-order valence-corrected chi connectivity index (χ2v) is 5.50. The summed E-state index contributed by atoms with van der Waals surface area (Å²) in [4.78, 5) is 20.7. The van der Waals surface area contributed by atoms with E-state index in [0.717, 1.165) is 28.6 Å². The number of amides is 1. The molecule has 0 atom stereocenters. The van der Waals surface area contributed by atoms with E-state index in [9.17, 15) is 4.79 Å². The van der Waals surface area contributed by atoms with Crippen LogP contribution in [-0.4, -0.2) is 22.4 Å². The predicted octanol–water partition coefficient (Wildman–Crippen LogP) is 2.52. The molecule has 2 heterocycles. The summed E-state index contributed by atoms with van der Waals surface area (Å²) >= 11 is 1.58. The van der Waals surface area contributed by atoms with Crippen molar-refractivity contribution in [3.05, 3.63) is 39.6 Å². The minimum Gasteiger partial charge on any atom is -0.385 e. The third-order valence-electron chi connectivity index (χ3n) is 2.75. The number of carbonyl (C=O) groups excluding carboxylic acids is 1. The Morgan fingerprint density at radius 3 is 2.85 bits per heavy atom. The predicted molar refractivity (Wildman–Crippen MR) is 81.2 cm³/mol. The molecule has 0 spiro atoms. The quantitative estimate of drug-likeness (QED) is 0.888. The second kappa shape index (κ2) is 6.47. The average Bonchev–Trinajstić information content (AvgIpc) is 2.82. The van der Waals surface area contributed by atoms with Gasteiger partial charge in [-0.05, 0) is 26.8 Å². The summed E-state index contributed by atoms with van der Waals surface area (Å²) < 4.78 is 0. The number of thiazole rings is 1. The van der Waals surface area contributed by atoms with Crippen LogP contribution in [0, 0.1) is 13.8 Å². The molecule has 0 aliphatic carbocycles. The van der Waals surface area contributed by atoms with Gasteiger partial charge in [-0.25, -0.2) is 4.98 Å². The van der Waals surface area contributed by atoms with E-state index >= 15 is 0 Å². The van der Waals surface area contributed by atoms with Gasteiger partial charge in [0.15, 0.2) is 0 Å². The molecule has 6 heteroatoms. The lowest BCUT2D eigenvalue weighted by Crippen LogP contribution is -2.24. The van der Waals surface area contributed by atoms with Crippen molar-refractivity contribution in [2.75, 3.05) is 11.9 Å². The van der Waals surface area contributed by atoms with Gasteiger partial charge in [-0.1, -0.05) is 0 Å². The molecule has 0 unspecified atom stereocenters. The number of pyridine rings is 1. The number of rotatable bonds is 5. The lowest BCUT2D eigenvalue weighted by molar-refractivity contribution is 0.0951. The summed E-state index contributed by atoms with van der Waals surface area (Å²) in [5, 5.41) is 9.01. The van der Waals surface area contributed by atoms with Crippen molar-refractivity contribution in [3.8, 4) is 0 Å². The zero-order valence-electron chi connectivity index (χ0n) is 11.9. The Bertz CT molecular complexity index is 609. The van der Waals surface area contributed by atoms with E-state index < -0.39 is 0 Å². The van der Waals surface area contributed by atoms with E-state index in [1.165, 1.54) is 0 Å². The van der Waals surface area contributed by atoms with E-state index in [0.29, 0.717) is 12.1 Å². The zero-order chi connectivity index (χ0) is 14.5. The van der Waals surface area contributed by atoms with Gasteiger partial charge in [0.25, 0.3) is 5.91 Å². The molecule has 0 aliphatic heterocycles. The normalized spacial score (nSPS) is 10.3. The summed E-state index contributed by atoms with van der Waals surface area (Å²) in [5.74, 6) is -0.140. The first kappa shape index (κ1) is 14.5. The fraction of sp³-hybridized carbons (Fsp3) is 0.357. The van der Waals surface area contributed by atoms with Crippen molar-refractivity contribution in [1.82, 2.24) is 15.3 Å². The van der Waals surface area contributed by atoms with Crippen LogP contribution in [0.15, 0.2) is 17.6 Å². The molecule has 2 N–H and O–H groups in total. The van der Waals surface area contributed by atoms with Crippen molar-refractivity contribution in [2.24, 2.45) is 0 Å². The van der Waals surface area contributed by atoms with E-state index in [1.807, 2.05) is 32.2 Å². The molecule has 106 valence electrons. The minimum atomic E-state index is -0.140. The van der Waals surface area contributed by atoms with Gasteiger partial charge in [0.2, 0.25) is 0 Å². The standard InChI is InChI=1S/C14H18N4OS/c1-4-15-13-5-9(2)16-7-12(13)14(19)17-6-11-8-20-10(3)18-11/h5,7-8H,4,6H2,1-3H3,(H,15,16)(H,17,19). The molecule has 2 aromatic heterocycles. The molecule has 0 bridgehead atoms. The van der Waals surface area contributed by atoms with Crippen LogP contribution in [0.5, 0.6) is 0 Å². The number of hydrogen-bond acceptors (Lipinski definition) is 5. The highest BCUT2D eigenvalue weighted by molar-refractivity contribution is 7.09. The number of aromatic nitrogens is 2. The fourth-order valence-electron chi connectivity index (χ4n) is 1.83. The number of aryl methyl sites for hydroxylation is 2. The third-order valence-corrected chi connectivity index (χ3v) is 3.57. The summed E-state index contributed by atoms with van der Waals surface area (Å²) in [6, 6.07) is 1.88. The van der Waals surface area contributed by atoms with Crippen LogP contribution in [0.3, 0.4) is 0 Å². The monoisotopic (exact) mass is 290 g/mol. The first-order valence-corrected chi connectivity index (χ1v) is 7.38. The molecule has 0 fully saturated rings. The smallest absolute Gasteiger partial charge is 0.255 e. The lowest BCUT2D eigenvalue weighted by atomic mass is 10.2. The van der Waals surface area contributed by atoms with E-state index in [1.54, 1.807) is 17.5 Å². The number of nitrogens with zero attached hydrogens (tertiary/aromatic N) is 2. The van der Waals surface area contributed by atoms with Gasteiger partial charge < -0.3 is 10.6 Å². The van der Waals surface area contributed by atoms with Gasteiger partial charge in [0.1, 0.15) is 0 Å². The Morgan fingerprint density at radius 2 is 2.20 bits per heavy atom. The SMILES string of the molecule is CCNc1cc(C)ncc1C(=O)NCc1csc(C)n1. The van der Waals surface area contributed by atoms with E-state index in [-0.39, 0.29) is 5.91 Å². The molecule has 20 heavy (non-hydrogen) atoms. The molecule has 2 rings (SSSR count). The maximum absolute atomic E-state index is 12.2. The summed E-state index contributed by atoms with van der Waals surface area (Å²) in [6.45, 7) is 7.04. The van der Waals surface area contributed by atoms with Crippen molar-refractivity contribution in [1.29, 1.82) is 0 Å². The molecule has 0 aliphatic rings. The highest BCUT2D eigenvalue weighted by Gasteiger charge is 2.12.